The molecule has 0 aromatic heterocycles. The van der Waals surface area contributed by atoms with Crippen molar-refractivity contribution in [3.8, 4) is 0 Å². The molecule has 2 heterocycles. The number of benzene rings is 1. The Morgan fingerprint density at radius 2 is 1.96 bits per heavy atom. The lowest BCUT2D eigenvalue weighted by Gasteiger charge is -2.45. The zero-order valence-corrected chi connectivity index (χ0v) is 17.5. The van der Waals surface area contributed by atoms with Crippen molar-refractivity contribution in [2.75, 3.05) is 6.61 Å². The van der Waals surface area contributed by atoms with Crippen LogP contribution >= 0.6 is 0 Å². The Hall–Kier alpha value is -1.21. The van der Waals surface area contributed by atoms with Gasteiger partial charge in [0.05, 0.1) is 12.1 Å². The first-order valence-electron chi connectivity index (χ1n) is 9.39. The van der Waals surface area contributed by atoms with Crippen LogP contribution in [0.3, 0.4) is 0 Å². The van der Waals surface area contributed by atoms with Crippen LogP contribution in [0.1, 0.15) is 39.2 Å². The van der Waals surface area contributed by atoms with Crippen LogP contribution in [0.2, 0.25) is 18.1 Å². The van der Waals surface area contributed by atoms with E-state index in [9.17, 15) is 9.90 Å². The zero-order valence-electron chi connectivity index (χ0n) is 16.5. The topological polar surface area (TPSA) is 59.0 Å². The van der Waals surface area contributed by atoms with Crippen LogP contribution in [0, 0.1) is 0 Å². The van der Waals surface area contributed by atoms with Gasteiger partial charge in [-0.2, -0.15) is 0 Å². The molecule has 2 saturated heterocycles. The lowest BCUT2D eigenvalue weighted by molar-refractivity contribution is -0.135. The molecule has 0 bridgehead atoms. The summed E-state index contributed by atoms with van der Waals surface area (Å²) in [5.41, 5.74) is 0.497. The molecule has 3 atom stereocenters. The number of nitrogens with zero attached hydrogens (tertiary/aromatic N) is 1. The summed E-state index contributed by atoms with van der Waals surface area (Å²) < 4.78 is 12.2. The van der Waals surface area contributed by atoms with Gasteiger partial charge in [0.25, 0.3) is 0 Å². The first kappa shape index (κ1) is 19.5. The number of likely N-dealkylation sites (tertiary alicyclic amines) is 1. The van der Waals surface area contributed by atoms with Crippen LogP contribution < -0.4 is 0 Å². The summed E-state index contributed by atoms with van der Waals surface area (Å²) in [6.07, 6.45) is -0.359. The maximum Gasteiger partial charge on any atom is 0.223 e. The van der Waals surface area contributed by atoms with Gasteiger partial charge in [-0.3, -0.25) is 4.79 Å². The van der Waals surface area contributed by atoms with Gasteiger partial charge in [-0.05, 0) is 30.1 Å². The maximum atomic E-state index is 12.7. The number of hydrogen-bond acceptors (Lipinski definition) is 4. The van der Waals surface area contributed by atoms with E-state index in [4.69, 9.17) is 9.16 Å². The highest BCUT2D eigenvalue weighted by atomic mass is 28.4. The molecule has 0 saturated carbocycles. The SMILES string of the molecule is CC(C)(C)[Si](C)(C)O[C@H]1[C@H](O)OC[C@@]12CCC(=O)N2Cc1ccccc1. The smallest absolute Gasteiger partial charge is 0.223 e. The number of aliphatic hydroxyl groups is 1. The van der Waals surface area contributed by atoms with Crippen LogP contribution in [0.4, 0.5) is 0 Å². The zero-order chi connectivity index (χ0) is 19.2. The van der Waals surface area contributed by atoms with Crippen molar-refractivity contribution in [3.05, 3.63) is 35.9 Å². The van der Waals surface area contributed by atoms with E-state index in [-0.39, 0.29) is 10.9 Å². The molecule has 1 spiro atoms. The molecule has 0 unspecified atom stereocenters. The monoisotopic (exact) mass is 377 g/mol. The molecular formula is C20H31NO4Si. The molecule has 1 N–H and O–H groups in total. The average Bonchev–Trinajstić information content (AvgIpc) is 3.04. The van der Waals surface area contributed by atoms with E-state index < -0.39 is 26.3 Å². The van der Waals surface area contributed by atoms with Crippen LogP contribution in [0.25, 0.3) is 0 Å². The highest BCUT2D eigenvalue weighted by molar-refractivity contribution is 6.74. The van der Waals surface area contributed by atoms with Gasteiger partial charge in [0.2, 0.25) is 5.91 Å². The molecule has 1 aromatic carbocycles. The molecule has 6 heteroatoms. The number of carbonyl (C=O) groups excluding carboxylic acids is 1. The van der Waals surface area contributed by atoms with Crippen LogP contribution in [0.15, 0.2) is 30.3 Å². The lowest BCUT2D eigenvalue weighted by atomic mass is 9.91. The fraction of sp³-hybridized carbons (Fsp3) is 0.650. The van der Waals surface area contributed by atoms with E-state index in [1.807, 2.05) is 35.2 Å². The number of ether oxygens (including phenoxy) is 1. The second-order valence-electron chi connectivity index (χ2n) is 9.07. The first-order chi connectivity index (χ1) is 12.1. The van der Waals surface area contributed by atoms with E-state index in [1.165, 1.54) is 0 Å². The summed E-state index contributed by atoms with van der Waals surface area (Å²) in [6.45, 7) is 11.7. The van der Waals surface area contributed by atoms with Crippen LogP contribution in [0.5, 0.6) is 0 Å². The van der Waals surface area contributed by atoms with Gasteiger partial charge in [-0.1, -0.05) is 51.1 Å². The number of amides is 1. The number of aliphatic hydroxyl groups excluding tert-OH is 1. The van der Waals surface area contributed by atoms with E-state index in [0.29, 0.717) is 26.0 Å². The van der Waals surface area contributed by atoms with Gasteiger partial charge >= 0.3 is 0 Å². The highest BCUT2D eigenvalue weighted by Gasteiger charge is 2.60. The van der Waals surface area contributed by atoms with E-state index in [2.05, 4.69) is 33.9 Å². The maximum absolute atomic E-state index is 12.7. The summed E-state index contributed by atoms with van der Waals surface area (Å²) >= 11 is 0. The van der Waals surface area contributed by atoms with Gasteiger partial charge in [0.1, 0.15) is 6.10 Å². The Morgan fingerprint density at radius 3 is 2.58 bits per heavy atom. The van der Waals surface area contributed by atoms with E-state index in [0.717, 1.165) is 5.56 Å². The Bertz CT molecular complexity index is 658. The second-order valence-corrected chi connectivity index (χ2v) is 13.8. The minimum Gasteiger partial charge on any atom is -0.406 e. The standard InChI is InChI=1S/C20H31NO4Si/c1-19(2,3)26(4,5)25-17-18(23)24-14-20(17)12-11-16(22)21(20)13-15-9-7-6-8-10-15/h6-10,17-18,23H,11-14H2,1-5H3/t17-,18+,20-/m0/s1. The summed E-state index contributed by atoms with van der Waals surface area (Å²) in [7, 11) is -2.13. The van der Waals surface area contributed by atoms with Crippen molar-refractivity contribution in [1.29, 1.82) is 0 Å². The van der Waals surface area contributed by atoms with Crippen molar-refractivity contribution >= 4 is 14.2 Å². The molecule has 5 nitrogen and oxygen atoms in total. The van der Waals surface area contributed by atoms with Gasteiger partial charge < -0.3 is 19.2 Å². The number of carbonyl (C=O) groups is 1. The van der Waals surface area contributed by atoms with Crippen molar-refractivity contribution in [1.82, 2.24) is 4.90 Å². The Kier molecular flexibility index (Phi) is 5.07. The van der Waals surface area contributed by atoms with E-state index in [1.54, 1.807) is 0 Å². The van der Waals surface area contributed by atoms with E-state index >= 15 is 0 Å². The minimum absolute atomic E-state index is 0.0172. The summed E-state index contributed by atoms with van der Waals surface area (Å²) in [6, 6.07) is 9.97. The number of hydrogen-bond donors (Lipinski definition) is 1. The molecule has 3 rings (SSSR count). The first-order valence-corrected chi connectivity index (χ1v) is 12.3. The average molecular weight is 378 g/mol. The second kappa shape index (κ2) is 6.75. The largest absolute Gasteiger partial charge is 0.406 e. The Balaban J connectivity index is 1.91. The molecule has 2 fully saturated rings. The predicted octanol–water partition coefficient (Wildman–Crippen LogP) is 3.29. The Labute approximate surface area is 157 Å². The third-order valence-electron chi connectivity index (χ3n) is 6.31. The third kappa shape index (κ3) is 3.35. The molecule has 1 aromatic rings. The lowest BCUT2D eigenvalue weighted by Crippen LogP contribution is -2.59. The highest BCUT2D eigenvalue weighted by Crippen LogP contribution is 2.46. The summed E-state index contributed by atoms with van der Waals surface area (Å²) in [5.74, 6) is 0.107. The molecule has 2 aliphatic heterocycles. The summed E-state index contributed by atoms with van der Waals surface area (Å²) in [5, 5.41) is 10.6. The van der Waals surface area contributed by atoms with Crippen molar-refractivity contribution in [2.45, 2.75) is 76.2 Å². The van der Waals surface area contributed by atoms with Crippen LogP contribution in [-0.2, 0) is 20.5 Å². The van der Waals surface area contributed by atoms with Crippen molar-refractivity contribution in [2.24, 2.45) is 0 Å². The normalized spacial score (nSPS) is 29.8. The number of rotatable bonds is 4. The molecule has 0 aliphatic carbocycles. The molecule has 26 heavy (non-hydrogen) atoms. The Morgan fingerprint density at radius 1 is 1.31 bits per heavy atom. The quantitative estimate of drug-likeness (QED) is 0.818. The van der Waals surface area contributed by atoms with Gasteiger partial charge in [0.15, 0.2) is 14.6 Å². The molecule has 144 valence electrons. The summed E-state index contributed by atoms with van der Waals surface area (Å²) in [4.78, 5) is 14.6. The van der Waals surface area contributed by atoms with Crippen molar-refractivity contribution in [3.63, 3.8) is 0 Å². The van der Waals surface area contributed by atoms with Crippen molar-refractivity contribution < 1.29 is 19.1 Å². The molecular weight excluding hydrogens is 346 g/mol. The predicted molar refractivity (Wildman–Crippen MR) is 103 cm³/mol. The van der Waals surface area contributed by atoms with Gasteiger partial charge in [0, 0.05) is 13.0 Å². The van der Waals surface area contributed by atoms with Gasteiger partial charge in [-0.25, -0.2) is 0 Å². The molecule has 0 radical (unpaired) electrons. The fourth-order valence-corrected chi connectivity index (χ4v) is 4.95. The molecule has 1 amide bonds. The fourth-order valence-electron chi connectivity index (χ4n) is 3.63. The minimum atomic E-state index is -2.13. The third-order valence-corrected chi connectivity index (χ3v) is 10.8. The van der Waals surface area contributed by atoms with Crippen LogP contribution in [-0.4, -0.2) is 48.8 Å². The van der Waals surface area contributed by atoms with Gasteiger partial charge in [-0.15, -0.1) is 0 Å². The molecule has 2 aliphatic rings.